The number of anilines is 1. The van der Waals surface area contributed by atoms with Crippen LogP contribution in [0.5, 0.6) is 5.88 Å². The number of methoxy groups -OCH3 is 1. The summed E-state index contributed by atoms with van der Waals surface area (Å²) in [5.41, 5.74) is 3.40. The third kappa shape index (κ3) is 5.14. The molecule has 2 saturated carbocycles. The smallest absolute Gasteiger partial charge is 0.295 e. The maximum absolute atomic E-state index is 13.9. The lowest BCUT2D eigenvalue weighted by Crippen LogP contribution is -2.30. The molecule has 4 aromatic heterocycles. The topological polar surface area (TPSA) is 155 Å². The molecule has 0 amide bonds. The third-order valence-electron chi connectivity index (χ3n) is 7.82. The van der Waals surface area contributed by atoms with Crippen molar-refractivity contribution >= 4 is 26.8 Å². The average molecular weight is 577 g/mol. The summed E-state index contributed by atoms with van der Waals surface area (Å²) in [6.45, 7) is 5.67. The number of aryl methyl sites for hydroxylation is 1. The minimum absolute atomic E-state index is 0.00111. The lowest BCUT2D eigenvalue weighted by Gasteiger charge is -2.20. The number of ether oxygens (including phenoxy) is 1. The summed E-state index contributed by atoms with van der Waals surface area (Å²) in [5, 5.41) is 3.12. The second kappa shape index (κ2) is 10.4. The molecule has 2 aliphatic carbocycles. The van der Waals surface area contributed by atoms with E-state index in [9.17, 15) is 13.2 Å². The van der Waals surface area contributed by atoms with Crippen LogP contribution < -0.4 is 15.6 Å². The lowest BCUT2D eigenvalue weighted by molar-refractivity contribution is 0.397. The SMILES string of the molecule is CCS(=O)(=O)c1ccc(CNc2nc3c(C)nc(-c4c(OC)ncnc4C4CC4)nc3n([C@@H](C)C3CC3)c2=O)nc1. The Labute approximate surface area is 237 Å². The fraction of sp³-hybridized carbons (Fsp3) is 0.464. The van der Waals surface area contributed by atoms with Crippen molar-refractivity contribution < 1.29 is 13.2 Å². The van der Waals surface area contributed by atoms with E-state index < -0.39 is 9.84 Å². The fourth-order valence-electron chi connectivity index (χ4n) is 5.07. The minimum Gasteiger partial charge on any atom is -0.480 e. The highest BCUT2D eigenvalue weighted by Crippen LogP contribution is 2.45. The normalized spacial score (nSPS) is 16.1. The molecule has 4 aromatic rings. The second-order valence-electron chi connectivity index (χ2n) is 10.7. The molecule has 0 radical (unpaired) electrons. The van der Waals surface area contributed by atoms with Crippen molar-refractivity contribution in [3.05, 3.63) is 52.1 Å². The molecule has 214 valence electrons. The van der Waals surface area contributed by atoms with E-state index in [2.05, 4.69) is 25.3 Å². The largest absolute Gasteiger partial charge is 0.480 e. The first-order valence-electron chi connectivity index (χ1n) is 13.8. The number of hydrogen-bond donors (Lipinski definition) is 1. The zero-order valence-corrected chi connectivity index (χ0v) is 24.3. The minimum atomic E-state index is -3.35. The molecule has 2 aliphatic rings. The molecule has 0 aromatic carbocycles. The summed E-state index contributed by atoms with van der Waals surface area (Å²) in [4.78, 5) is 41.6. The van der Waals surface area contributed by atoms with Gasteiger partial charge in [-0.15, -0.1) is 0 Å². The number of nitrogens with one attached hydrogen (secondary N) is 1. The summed E-state index contributed by atoms with van der Waals surface area (Å²) in [6, 6.07) is 3.07. The van der Waals surface area contributed by atoms with E-state index in [4.69, 9.17) is 14.7 Å². The highest BCUT2D eigenvalue weighted by atomic mass is 32.2. The van der Waals surface area contributed by atoms with Gasteiger partial charge in [0.1, 0.15) is 17.4 Å². The third-order valence-corrected chi connectivity index (χ3v) is 9.54. The van der Waals surface area contributed by atoms with Crippen LogP contribution in [0.25, 0.3) is 22.6 Å². The monoisotopic (exact) mass is 576 g/mol. The fourth-order valence-corrected chi connectivity index (χ4v) is 5.89. The van der Waals surface area contributed by atoms with Crippen molar-refractivity contribution in [2.24, 2.45) is 5.92 Å². The van der Waals surface area contributed by atoms with Gasteiger partial charge in [0.05, 0.1) is 41.4 Å². The van der Waals surface area contributed by atoms with Gasteiger partial charge in [0.25, 0.3) is 5.56 Å². The Morgan fingerprint density at radius 2 is 1.88 bits per heavy atom. The first kappa shape index (κ1) is 27.2. The number of rotatable bonds is 10. The highest BCUT2D eigenvalue weighted by molar-refractivity contribution is 7.91. The van der Waals surface area contributed by atoms with Crippen molar-refractivity contribution in [3.63, 3.8) is 0 Å². The van der Waals surface area contributed by atoms with Crippen LogP contribution in [0.3, 0.4) is 0 Å². The molecule has 0 bridgehead atoms. The van der Waals surface area contributed by atoms with Crippen LogP contribution in [0.2, 0.25) is 0 Å². The lowest BCUT2D eigenvalue weighted by atomic mass is 10.1. The first-order chi connectivity index (χ1) is 19.7. The Balaban J connectivity index is 1.43. The molecule has 0 saturated heterocycles. The molecule has 4 heterocycles. The van der Waals surface area contributed by atoms with Gasteiger partial charge in [0.2, 0.25) is 5.88 Å². The Bertz CT molecular complexity index is 1800. The molecule has 1 atom stereocenters. The summed E-state index contributed by atoms with van der Waals surface area (Å²) in [7, 11) is -1.78. The van der Waals surface area contributed by atoms with Gasteiger partial charge < -0.3 is 10.1 Å². The molecule has 12 nitrogen and oxygen atoms in total. The quantitative estimate of drug-likeness (QED) is 0.294. The molecule has 13 heteroatoms. The van der Waals surface area contributed by atoms with Crippen molar-refractivity contribution in [2.45, 2.75) is 69.9 Å². The van der Waals surface area contributed by atoms with Crippen LogP contribution in [-0.2, 0) is 16.4 Å². The molecule has 6 rings (SSSR count). The molecule has 41 heavy (non-hydrogen) atoms. The van der Waals surface area contributed by atoms with E-state index in [1.54, 1.807) is 24.7 Å². The summed E-state index contributed by atoms with van der Waals surface area (Å²) < 4.78 is 31.5. The highest BCUT2D eigenvalue weighted by Gasteiger charge is 2.34. The Kier molecular flexibility index (Phi) is 6.92. The predicted molar refractivity (Wildman–Crippen MR) is 153 cm³/mol. The van der Waals surface area contributed by atoms with E-state index in [0.717, 1.165) is 31.4 Å². The van der Waals surface area contributed by atoms with E-state index in [-0.39, 0.29) is 34.6 Å². The molecule has 0 unspecified atom stereocenters. The van der Waals surface area contributed by atoms with Gasteiger partial charge in [-0.3, -0.25) is 14.3 Å². The Morgan fingerprint density at radius 3 is 2.51 bits per heavy atom. The number of sulfone groups is 1. The summed E-state index contributed by atoms with van der Waals surface area (Å²) in [5.74, 6) is 1.66. The maximum atomic E-state index is 13.9. The number of fused-ring (bicyclic) bond motifs is 1. The van der Waals surface area contributed by atoms with Gasteiger partial charge in [0.15, 0.2) is 27.1 Å². The second-order valence-corrected chi connectivity index (χ2v) is 13.0. The molecular formula is C28H32N8O4S. The van der Waals surface area contributed by atoms with Crippen LogP contribution >= 0.6 is 0 Å². The summed E-state index contributed by atoms with van der Waals surface area (Å²) >= 11 is 0. The van der Waals surface area contributed by atoms with Crippen LogP contribution in [0.15, 0.2) is 34.3 Å². The van der Waals surface area contributed by atoms with E-state index >= 15 is 0 Å². The van der Waals surface area contributed by atoms with E-state index in [1.807, 2.05) is 13.8 Å². The number of hydrogen-bond acceptors (Lipinski definition) is 11. The van der Waals surface area contributed by atoms with Gasteiger partial charge in [-0.1, -0.05) is 6.92 Å². The van der Waals surface area contributed by atoms with E-state index in [1.165, 1.54) is 18.6 Å². The predicted octanol–water partition coefficient (Wildman–Crippen LogP) is 3.61. The first-order valence-corrected chi connectivity index (χ1v) is 15.5. The molecular weight excluding hydrogens is 544 g/mol. The Hall–Kier alpha value is -4.00. The van der Waals surface area contributed by atoms with Gasteiger partial charge in [-0.05, 0) is 57.6 Å². The zero-order chi connectivity index (χ0) is 28.9. The standard InChI is InChI=1S/C28H32N8O4S/c1-5-41(38,39)20-11-10-19(29-13-20)12-30-25-28(37)36(16(3)17-6-7-17)26-22(34-25)15(2)33-24(35-26)21-23(18-8-9-18)31-14-32-27(21)40-4/h10-11,13-14,16-18H,5-9,12H2,1-4H3,(H,30,34)/t16-/m0/s1. The van der Waals surface area contributed by atoms with Crippen molar-refractivity contribution in [3.8, 4) is 17.3 Å². The van der Waals surface area contributed by atoms with Crippen molar-refractivity contribution in [1.29, 1.82) is 0 Å². The van der Waals surface area contributed by atoms with Gasteiger partial charge in [-0.25, -0.2) is 33.3 Å². The van der Waals surface area contributed by atoms with Crippen LogP contribution in [-0.4, -0.2) is 55.8 Å². The van der Waals surface area contributed by atoms with Gasteiger partial charge in [0, 0.05) is 18.2 Å². The van der Waals surface area contributed by atoms with Crippen LogP contribution in [0.4, 0.5) is 5.82 Å². The number of nitrogens with zero attached hydrogens (tertiary/aromatic N) is 7. The number of aromatic nitrogens is 7. The molecule has 0 spiro atoms. The molecule has 2 fully saturated rings. The maximum Gasteiger partial charge on any atom is 0.295 e. The molecule has 0 aliphatic heterocycles. The van der Waals surface area contributed by atoms with Crippen LogP contribution in [0, 0.1) is 12.8 Å². The average Bonchev–Trinajstić information content (AvgIpc) is 3.89. The summed E-state index contributed by atoms with van der Waals surface area (Å²) in [6.07, 6.45) is 6.99. The van der Waals surface area contributed by atoms with Crippen molar-refractivity contribution in [2.75, 3.05) is 18.2 Å². The van der Waals surface area contributed by atoms with Gasteiger partial charge in [-0.2, -0.15) is 0 Å². The van der Waals surface area contributed by atoms with Crippen molar-refractivity contribution in [1.82, 2.24) is 34.5 Å². The van der Waals surface area contributed by atoms with Gasteiger partial charge >= 0.3 is 0 Å². The zero-order valence-electron chi connectivity index (χ0n) is 23.5. The Morgan fingerprint density at radius 1 is 1.10 bits per heavy atom. The van der Waals surface area contributed by atoms with Crippen LogP contribution in [0.1, 0.15) is 68.6 Å². The molecule has 1 N–H and O–H groups in total. The van der Waals surface area contributed by atoms with E-state index in [0.29, 0.717) is 51.7 Å². The number of pyridine rings is 1.